The molecule has 0 bridgehead atoms. The molecular formula is C10H22N4O4S. The van der Waals surface area contributed by atoms with Gasteiger partial charge in [0.1, 0.15) is 0 Å². The van der Waals surface area contributed by atoms with Crippen LogP contribution in [0.4, 0.5) is 0 Å². The third-order valence-corrected chi connectivity index (χ3v) is 4.22. The molecule has 0 radical (unpaired) electrons. The smallest absolute Gasteiger partial charge is 0.279 e. The van der Waals surface area contributed by atoms with E-state index in [1.165, 1.54) is 14.1 Å². The molecule has 112 valence electrons. The van der Waals surface area contributed by atoms with E-state index in [9.17, 15) is 13.2 Å². The summed E-state index contributed by atoms with van der Waals surface area (Å²) in [7, 11) is -0.740. The van der Waals surface area contributed by atoms with E-state index in [1.807, 2.05) is 0 Å². The topological polar surface area (TPSA) is 91.0 Å². The molecule has 9 heteroatoms. The Hall–Kier alpha value is -0.740. The average Bonchev–Trinajstić information content (AvgIpc) is 2.37. The molecule has 19 heavy (non-hydrogen) atoms. The summed E-state index contributed by atoms with van der Waals surface area (Å²) >= 11 is 0. The third kappa shape index (κ3) is 6.30. The Morgan fingerprint density at radius 2 is 1.95 bits per heavy atom. The molecule has 2 N–H and O–H groups in total. The first kappa shape index (κ1) is 16.3. The highest BCUT2D eigenvalue weighted by Crippen LogP contribution is 1.94. The van der Waals surface area contributed by atoms with E-state index in [-0.39, 0.29) is 12.5 Å². The van der Waals surface area contributed by atoms with E-state index in [2.05, 4.69) is 14.9 Å². The first-order chi connectivity index (χ1) is 8.92. The van der Waals surface area contributed by atoms with Gasteiger partial charge in [0.15, 0.2) is 0 Å². The number of amides is 1. The molecule has 1 heterocycles. The van der Waals surface area contributed by atoms with Gasteiger partial charge in [-0.05, 0) is 0 Å². The van der Waals surface area contributed by atoms with Crippen molar-refractivity contribution >= 4 is 16.1 Å². The first-order valence-electron chi connectivity index (χ1n) is 6.16. The molecule has 0 aliphatic carbocycles. The van der Waals surface area contributed by atoms with Gasteiger partial charge in [-0.25, -0.2) is 0 Å². The molecule has 0 aromatic carbocycles. The maximum absolute atomic E-state index is 11.5. The second-order valence-electron chi connectivity index (χ2n) is 4.41. The molecule has 0 atom stereocenters. The standard InChI is InChI=1S/C10H22N4O4S/c1-13(2)19(16,17)12-9-10(15)11-3-4-14-5-7-18-8-6-14/h12H,3-9H2,1-2H3,(H,11,15). The first-order valence-corrected chi connectivity index (χ1v) is 7.60. The molecule has 1 saturated heterocycles. The number of hydrogen-bond acceptors (Lipinski definition) is 5. The quantitative estimate of drug-likeness (QED) is 0.558. The van der Waals surface area contributed by atoms with Crippen LogP contribution < -0.4 is 10.0 Å². The summed E-state index contributed by atoms with van der Waals surface area (Å²) in [5.41, 5.74) is 0. The van der Waals surface area contributed by atoms with E-state index in [0.29, 0.717) is 6.54 Å². The zero-order chi connectivity index (χ0) is 14.3. The highest BCUT2D eigenvalue weighted by molar-refractivity contribution is 7.87. The van der Waals surface area contributed by atoms with Gasteiger partial charge in [0, 0.05) is 40.3 Å². The number of carbonyl (C=O) groups is 1. The summed E-state index contributed by atoms with van der Waals surface area (Å²) in [4.78, 5) is 13.6. The number of hydrogen-bond donors (Lipinski definition) is 2. The van der Waals surface area contributed by atoms with Crippen molar-refractivity contribution in [1.82, 2.24) is 19.2 Å². The lowest BCUT2D eigenvalue weighted by Gasteiger charge is -2.26. The van der Waals surface area contributed by atoms with Crippen molar-refractivity contribution in [3.05, 3.63) is 0 Å². The summed E-state index contributed by atoms with van der Waals surface area (Å²) in [5.74, 6) is -0.335. The van der Waals surface area contributed by atoms with Crippen molar-refractivity contribution in [2.45, 2.75) is 0 Å². The predicted octanol–water partition coefficient (Wildman–Crippen LogP) is -2.17. The van der Waals surface area contributed by atoms with Crippen LogP contribution in [0.25, 0.3) is 0 Å². The zero-order valence-electron chi connectivity index (χ0n) is 11.4. The van der Waals surface area contributed by atoms with Crippen molar-refractivity contribution in [2.75, 3.05) is 60.0 Å². The van der Waals surface area contributed by atoms with Gasteiger partial charge in [0.25, 0.3) is 10.2 Å². The fraction of sp³-hybridized carbons (Fsp3) is 0.900. The molecule has 0 aromatic heterocycles. The molecule has 1 aliphatic heterocycles. The number of morpholine rings is 1. The zero-order valence-corrected chi connectivity index (χ0v) is 12.2. The van der Waals surface area contributed by atoms with Gasteiger partial charge in [-0.2, -0.15) is 17.4 Å². The summed E-state index contributed by atoms with van der Waals surface area (Å²) < 4.78 is 31.2. The second-order valence-corrected chi connectivity index (χ2v) is 6.38. The van der Waals surface area contributed by atoms with Gasteiger partial charge in [0.05, 0.1) is 19.8 Å². The van der Waals surface area contributed by atoms with Crippen LogP contribution >= 0.6 is 0 Å². The predicted molar refractivity (Wildman–Crippen MR) is 70.9 cm³/mol. The monoisotopic (exact) mass is 294 g/mol. The minimum atomic E-state index is -3.54. The van der Waals surface area contributed by atoms with Crippen LogP contribution in [-0.2, 0) is 19.7 Å². The third-order valence-electron chi connectivity index (χ3n) is 2.75. The molecule has 0 aromatic rings. The summed E-state index contributed by atoms with van der Waals surface area (Å²) in [5, 5.41) is 2.67. The highest BCUT2D eigenvalue weighted by Gasteiger charge is 2.14. The van der Waals surface area contributed by atoms with Crippen molar-refractivity contribution in [1.29, 1.82) is 0 Å². The van der Waals surface area contributed by atoms with Crippen molar-refractivity contribution in [3.8, 4) is 0 Å². The van der Waals surface area contributed by atoms with Gasteiger partial charge >= 0.3 is 0 Å². The number of ether oxygens (including phenoxy) is 1. The molecule has 1 fully saturated rings. The Balaban J connectivity index is 2.14. The number of nitrogens with zero attached hydrogens (tertiary/aromatic N) is 2. The van der Waals surface area contributed by atoms with Gasteiger partial charge in [-0.1, -0.05) is 0 Å². The lowest BCUT2D eigenvalue weighted by Crippen LogP contribution is -2.45. The number of nitrogens with one attached hydrogen (secondary N) is 2. The molecular weight excluding hydrogens is 272 g/mol. The number of carbonyl (C=O) groups excluding carboxylic acids is 1. The molecule has 8 nitrogen and oxygen atoms in total. The minimum absolute atomic E-state index is 0.246. The van der Waals surface area contributed by atoms with Gasteiger partial charge in [-0.15, -0.1) is 0 Å². The molecule has 1 aliphatic rings. The Bertz CT molecular complexity index is 379. The Morgan fingerprint density at radius 3 is 2.53 bits per heavy atom. The second kappa shape index (κ2) is 7.75. The lowest BCUT2D eigenvalue weighted by atomic mass is 10.4. The largest absolute Gasteiger partial charge is 0.379 e. The van der Waals surface area contributed by atoms with Crippen LogP contribution in [0.2, 0.25) is 0 Å². The molecule has 1 amide bonds. The highest BCUT2D eigenvalue weighted by atomic mass is 32.2. The van der Waals surface area contributed by atoms with E-state index >= 15 is 0 Å². The molecule has 0 saturated carbocycles. The van der Waals surface area contributed by atoms with Crippen LogP contribution in [0.1, 0.15) is 0 Å². The fourth-order valence-electron chi connectivity index (χ4n) is 1.53. The van der Waals surface area contributed by atoms with Gasteiger partial charge < -0.3 is 10.1 Å². The van der Waals surface area contributed by atoms with Crippen molar-refractivity contribution in [3.63, 3.8) is 0 Å². The summed E-state index contributed by atoms with van der Waals surface area (Å²) in [6.07, 6.45) is 0. The Morgan fingerprint density at radius 1 is 1.32 bits per heavy atom. The lowest BCUT2D eigenvalue weighted by molar-refractivity contribution is -0.120. The van der Waals surface area contributed by atoms with E-state index < -0.39 is 10.2 Å². The molecule has 0 spiro atoms. The average molecular weight is 294 g/mol. The normalized spacial score (nSPS) is 17.6. The minimum Gasteiger partial charge on any atom is -0.379 e. The van der Waals surface area contributed by atoms with Crippen LogP contribution in [0, 0.1) is 0 Å². The summed E-state index contributed by atoms with van der Waals surface area (Å²) in [6.45, 7) is 4.17. The van der Waals surface area contributed by atoms with Crippen molar-refractivity contribution < 1.29 is 17.9 Å². The van der Waals surface area contributed by atoms with Crippen LogP contribution in [-0.4, -0.2) is 83.6 Å². The van der Waals surface area contributed by atoms with Crippen molar-refractivity contribution in [2.24, 2.45) is 0 Å². The van der Waals surface area contributed by atoms with E-state index in [0.717, 1.165) is 37.2 Å². The van der Waals surface area contributed by atoms with Crippen LogP contribution in [0.15, 0.2) is 0 Å². The molecule has 0 unspecified atom stereocenters. The SMILES string of the molecule is CN(C)S(=O)(=O)NCC(=O)NCCN1CCOCC1. The Labute approximate surface area is 114 Å². The fourth-order valence-corrected chi connectivity index (χ4v) is 2.10. The Kier molecular flexibility index (Phi) is 6.66. The van der Waals surface area contributed by atoms with Crippen LogP contribution in [0.3, 0.4) is 0 Å². The van der Waals surface area contributed by atoms with E-state index in [1.54, 1.807) is 0 Å². The maximum atomic E-state index is 11.5. The van der Waals surface area contributed by atoms with E-state index in [4.69, 9.17) is 4.74 Å². The number of rotatable bonds is 7. The van der Waals surface area contributed by atoms with Crippen LogP contribution in [0.5, 0.6) is 0 Å². The summed E-state index contributed by atoms with van der Waals surface area (Å²) in [6, 6.07) is 0. The van der Waals surface area contributed by atoms with Gasteiger partial charge in [0.2, 0.25) is 5.91 Å². The molecule has 1 rings (SSSR count). The van der Waals surface area contributed by atoms with Gasteiger partial charge in [-0.3, -0.25) is 9.69 Å². The maximum Gasteiger partial charge on any atom is 0.279 e.